The van der Waals surface area contributed by atoms with E-state index >= 15 is 0 Å². The Hall–Kier alpha value is -3.02. The lowest BCUT2D eigenvalue weighted by Crippen LogP contribution is -2.25. The quantitative estimate of drug-likeness (QED) is 0.806. The van der Waals surface area contributed by atoms with Gasteiger partial charge in [-0.3, -0.25) is 9.59 Å². The molecule has 2 N–H and O–H groups in total. The van der Waals surface area contributed by atoms with Crippen LogP contribution in [0.3, 0.4) is 0 Å². The molecule has 1 aliphatic heterocycles. The average Bonchev–Trinajstić information content (AvgIpc) is 3.40. The summed E-state index contributed by atoms with van der Waals surface area (Å²) >= 11 is 0. The second kappa shape index (κ2) is 7.19. The number of rotatable bonds is 6. The molecule has 1 aliphatic carbocycles. The molecule has 2 amide bonds. The number of carbonyl (C=O) groups excluding carboxylic acids is 2. The van der Waals surface area contributed by atoms with Gasteiger partial charge in [0.05, 0.1) is 0 Å². The van der Waals surface area contributed by atoms with E-state index in [1.165, 1.54) is 0 Å². The van der Waals surface area contributed by atoms with Crippen molar-refractivity contribution in [1.29, 1.82) is 0 Å². The lowest BCUT2D eigenvalue weighted by atomic mass is 10.0. The van der Waals surface area contributed by atoms with Crippen molar-refractivity contribution in [1.82, 2.24) is 5.32 Å². The number of carbonyl (C=O) groups is 2. The molecule has 0 saturated heterocycles. The van der Waals surface area contributed by atoms with E-state index in [-0.39, 0.29) is 24.0 Å². The van der Waals surface area contributed by atoms with E-state index < -0.39 is 0 Å². The van der Waals surface area contributed by atoms with Crippen LogP contribution in [0.2, 0.25) is 0 Å². The van der Waals surface area contributed by atoms with Gasteiger partial charge in [0.1, 0.15) is 5.60 Å². The molecular weight excluding hydrogens is 356 g/mol. The topological polar surface area (TPSA) is 76.7 Å². The van der Waals surface area contributed by atoms with Crippen molar-refractivity contribution in [3.8, 4) is 11.5 Å². The standard InChI is InChI=1S/C22H24N2O4/c1-22(2)12-15-4-3-5-18(20(15)28-22)27-13-19(25)23-16-8-6-14(7-9-16)21(26)24-17-10-11-17/h3-9,17H,10-13H2,1-2H3,(H,23,25)(H,24,26). The maximum absolute atomic E-state index is 12.2. The molecule has 0 radical (unpaired) electrons. The number of anilines is 1. The second-order valence-corrected chi connectivity index (χ2v) is 7.94. The summed E-state index contributed by atoms with van der Waals surface area (Å²) < 4.78 is 11.6. The number of hydrogen-bond donors (Lipinski definition) is 2. The molecular formula is C22H24N2O4. The number of hydrogen-bond acceptors (Lipinski definition) is 4. The molecule has 0 atom stereocenters. The summed E-state index contributed by atoms with van der Waals surface area (Å²) in [7, 11) is 0. The van der Waals surface area contributed by atoms with Crippen LogP contribution in [-0.4, -0.2) is 30.1 Å². The van der Waals surface area contributed by atoms with Gasteiger partial charge in [0.15, 0.2) is 18.1 Å². The van der Waals surface area contributed by atoms with E-state index in [4.69, 9.17) is 9.47 Å². The van der Waals surface area contributed by atoms with E-state index in [9.17, 15) is 9.59 Å². The highest BCUT2D eigenvalue weighted by Crippen LogP contribution is 2.41. The minimum Gasteiger partial charge on any atom is -0.483 e. The van der Waals surface area contributed by atoms with Crippen LogP contribution in [0.5, 0.6) is 11.5 Å². The van der Waals surface area contributed by atoms with Gasteiger partial charge in [-0.05, 0) is 57.0 Å². The molecule has 0 spiro atoms. The fraction of sp³-hybridized carbons (Fsp3) is 0.364. The zero-order valence-corrected chi connectivity index (χ0v) is 16.1. The Morgan fingerprint density at radius 3 is 2.61 bits per heavy atom. The predicted octanol–water partition coefficient (Wildman–Crippen LogP) is 3.31. The monoisotopic (exact) mass is 380 g/mol. The first-order valence-electron chi connectivity index (χ1n) is 9.54. The lowest BCUT2D eigenvalue weighted by molar-refractivity contribution is -0.118. The number of ether oxygens (including phenoxy) is 2. The lowest BCUT2D eigenvalue weighted by Gasteiger charge is -2.18. The van der Waals surface area contributed by atoms with Crippen LogP contribution >= 0.6 is 0 Å². The molecule has 0 unspecified atom stereocenters. The summed E-state index contributed by atoms with van der Waals surface area (Å²) in [6, 6.07) is 12.9. The number of amides is 2. The zero-order chi connectivity index (χ0) is 19.7. The van der Waals surface area contributed by atoms with E-state index in [2.05, 4.69) is 10.6 Å². The van der Waals surface area contributed by atoms with Crippen LogP contribution in [-0.2, 0) is 11.2 Å². The number of fused-ring (bicyclic) bond motifs is 1. The third-order valence-electron chi connectivity index (χ3n) is 4.76. The molecule has 1 heterocycles. The van der Waals surface area contributed by atoms with Crippen molar-refractivity contribution in [2.24, 2.45) is 0 Å². The second-order valence-electron chi connectivity index (χ2n) is 7.94. The van der Waals surface area contributed by atoms with Crippen molar-refractivity contribution < 1.29 is 19.1 Å². The summed E-state index contributed by atoms with van der Waals surface area (Å²) in [6.45, 7) is 3.93. The first-order valence-corrected chi connectivity index (χ1v) is 9.54. The van der Waals surface area contributed by atoms with Crippen LogP contribution in [0, 0.1) is 0 Å². The van der Waals surface area contributed by atoms with E-state index in [1.807, 2.05) is 26.0 Å². The highest BCUT2D eigenvalue weighted by Gasteiger charge is 2.32. The average molecular weight is 380 g/mol. The Bertz CT molecular complexity index is 901. The fourth-order valence-electron chi connectivity index (χ4n) is 3.24. The number of para-hydroxylation sites is 1. The smallest absolute Gasteiger partial charge is 0.262 e. The summed E-state index contributed by atoms with van der Waals surface area (Å²) in [5.74, 6) is 0.936. The van der Waals surface area contributed by atoms with Gasteiger partial charge in [0.25, 0.3) is 11.8 Å². The van der Waals surface area contributed by atoms with Gasteiger partial charge in [-0.15, -0.1) is 0 Å². The van der Waals surface area contributed by atoms with Gasteiger partial charge in [0, 0.05) is 29.3 Å². The van der Waals surface area contributed by atoms with Crippen LogP contribution < -0.4 is 20.1 Å². The van der Waals surface area contributed by atoms with Crippen LogP contribution in [0.1, 0.15) is 42.6 Å². The molecule has 4 rings (SSSR count). The number of nitrogens with one attached hydrogen (secondary N) is 2. The molecule has 146 valence electrons. The van der Waals surface area contributed by atoms with Crippen molar-refractivity contribution in [3.05, 3.63) is 53.6 Å². The van der Waals surface area contributed by atoms with Crippen LogP contribution in [0.4, 0.5) is 5.69 Å². The first-order chi connectivity index (χ1) is 13.4. The Kier molecular flexibility index (Phi) is 4.71. The van der Waals surface area contributed by atoms with Gasteiger partial charge in [0.2, 0.25) is 0 Å². The third kappa shape index (κ3) is 4.27. The van der Waals surface area contributed by atoms with Crippen molar-refractivity contribution in [2.45, 2.75) is 44.8 Å². The predicted molar refractivity (Wildman–Crippen MR) is 106 cm³/mol. The van der Waals surface area contributed by atoms with Gasteiger partial charge in [-0.1, -0.05) is 12.1 Å². The zero-order valence-electron chi connectivity index (χ0n) is 16.1. The first kappa shape index (κ1) is 18.3. The molecule has 0 bridgehead atoms. The van der Waals surface area contributed by atoms with Crippen molar-refractivity contribution in [2.75, 3.05) is 11.9 Å². The fourth-order valence-corrected chi connectivity index (χ4v) is 3.24. The van der Waals surface area contributed by atoms with E-state index in [1.54, 1.807) is 30.3 Å². The summed E-state index contributed by atoms with van der Waals surface area (Å²) in [4.78, 5) is 24.2. The van der Waals surface area contributed by atoms with Gasteiger partial charge >= 0.3 is 0 Å². The Morgan fingerprint density at radius 1 is 1.14 bits per heavy atom. The van der Waals surface area contributed by atoms with E-state index in [0.717, 1.165) is 24.8 Å². The Morgan fingerprint density at radius 2 is 1.89 bits per heavy atom. The SMILES string of the molecule is CC1(C)Cc2cccc(OCC(=O)Nc3ccc(C(=O)NC4CC4)cc3)c2O1. The summed E-state index contributed by atoms with van der Waals surface area (Å²) in [5.41, 5.74) is 2.02. The molecule has 6 heteroatoms. The normalized spacial score (nSPS) is 16.6. The number of benzene rings is 2. The Balaban J connectivity index is 1.32. The highest BCUT2D eigenvalue weighted by atomic mass is 16.5. The van der Waals surface area contributed by atoms with Crippen molar-refractivity contribution in [3.63, 3.8) is 0 Å². The molecule has 0 aromatic heterocycles. The molecule has 2 aromatic rings. The molecule has 1 fully saturated rings. The van der Waals surface area contributed by atoms with Crippen LogP contribution in [0.25, 0.3) is 0 Å². The van der Waals surface area contributed by atoms with Gasteiger partial charge < -0.3 is 20.1 Å². The van der Waals surface area contributed by atoms with Gasteiger partial charge in [-0.2, -0.15) is 0 Å². The Labute approximate surface area is 164 Å². The minimum absolute atomic E-state index is 0.0791. The minimum atomic E-state index is -0.273. The maximum atomic E-state index is 12.2. The third-order valence-corrected chi connectivity index (χ3v) is 4.76. The molecule has 2 aromatic carbocycles. The molecule has 1 saturated carbocycles. The highest BCUT2D eigenvalue weighted by molar-refractivity contribution is 5.96. The summed E-state index contributed by atoms with van der Waals surface area (Å²) in [5, 5.41) is 5.72. The van der Waals surface area contributed by atoms with Crippen LogP contribution in [0.15, 0.2) is 42.5 Å². The molecule has 2 aliphatic rings. The van der Waals surface area contributed by atoms with Gasteiger partial charge in [-0.25, -0.2) is 0 Å². The molecule has 6 nitrogen and oxygen atoms in total. The van der Waals surface area contributed by atoms with Crippen molar-refractivity contribution >= 4 is 17.5 Å². The van der Waals surface area contributed by atoms with E-state index in [0.29, 0.717) is 28.8 Å². The summed E-state index contributed by atoms with van der Waals surface area (Å²) in [6.07, 6.45) is 2.91. The largest absolute Gasteiger partial charge is 0.483 e. The maximum Gasteiger partial charge on any atom is 0.262 e. The molecule has 28 heavy (non-hydrogen) atoms.